The summed E-state index contributed by atoms with van der Waals surface area (Å²) < 4.78 is 25.0. The molecule has 4 rings (SSSR count). The van der Waals surface area contributed by atoms with Gasteiger partial charge in [0.15, 0.2) is 5.13 Å². The van der Waals surface area contributed by atoms with Crippen molar-refractivity contribution >= 4 is 28.1 Å². The number of benzene rings is 2. The van der Waals surface area contributed by atoms with Crippen molar-refractivity contribution in [1.29, 1.82) is 0 Å². The number of halogens is 2. The molecule has 34 heavy (non-hydrogen) atoms. The molecule has 7 heteroatoms. The number of hydrogen-bond donors (Lipinski definition) is 1. The summed E-state index contributed by atoms with van der Waals surface area (Å²) in [5.41, 5.74) is 5.80. The van der Waals surface area contributed by atoms with Crippen LogP contribution in [0.3, 0.4) is 0 Å². The maximum absolute atomic E-state index is 14.8. The lowest BCUT2D eigenvalue weighted by Crippen LogP contribution is -2.12. The number of nitrogens with one attached hydrogen (secondary N) is 1. The Morgan fingerprint density at radius 1 is 1.21 bits per heavy atom. The SMILES string of the molecule is CCc1cc(Cl)c(-c2nc(NC(CC3CC3)c3ccc(COCOC)c(F)c3)sc2C)cc1C. The van der Waals surface area contributed by atoms with Gasteiger partial charge in [-0.2, -0.15) is 0 Å². The van der Waals surface area contributed by atoms with Crippen molar-refractivity contribution < 1.29 is 13.9 Å². The van der Waals surface area contributed by atoms with E-state index < -0.39 is 0 Å². The normalized spacial score (nSPS) is 14.4. The maximum Gasteiger partial charge on any atom is 0.183 e. The number of methoxy groups -OCH3 is 1. The van der Waals surface area contributed by atoms with Gasteiger partial charge in [0.25, 0.3) is 0 Å². The molecule has 1 aromatic heterocycles. The third kappa shape index (κ3) is 5.98. The first kappa shape index (κ1) is 25.1. The average Bonchev–Trinajstić information content (AvgIpc) is 3.56. The summed E-state index contributed by atoms with van der Waals surface area (Å²) in [6.45, 7) is 6.65. The molecule has 0 amide bonds. The highest BCUT2D eigenvalue weighted by Gasteiger charge is 2.28. The summed E-state index contributed by atoms with van der Waals surface area (Å²) in [5, 5.41) is 5.16. The summed E-state index contributed by atoms with van der Waals surface area (Å²) in [6.07, 6.45) is 4.36. The Kier molecular flexibility index (Phi) is 8.25. The minimum atomic E-state index is -0.259. The fraction of sp³-hybridized carbons (Fsp3) is 0.444. The first-order chi connectivity index (χ1) is 16.4. The van der Waals surface area contributed by atoms with Crippen LogP contribution < -0.4 is 5.32 Å². The maximum atomic E-state index is 14.8. The number of aromatic nitrogens is 1. The first-order valence-electron chi connectivity index (χ1n) is 11.8. The molecule has 0 spiro atoms. The van der Waals surface area contributed by atoms with Gasteiger partial charge in [0.1, 0.15) is 12.6 Å². The standard InChI is InChI=1S/C27H32ClFN2O2S/c1-5-19-12-23(28)22(10-16(19)2)26-17(3)34-27(31-26)30-25(11-18-6-7-18)20-8-9-21(24(29)13-20)14-33-15-32-4/h8-10,12-13,18,25H,5-7,11,14-15H2,1-4H3,(H,30,31). The van der Waals surface area contributed by atoms with Crippen LogP contribution in [0.2, 0.25) is 5.02 Å². The van der Waals surface area contributed by atoms with Crippen LogP contribution in [0.25, 0.3) is 11.3 Å². The van der Waals surface area contributed by atoms with Crippen LogP contribution in [0.1, 0.15) is 59.4 Å². The fourth-order valence-corrected chi connectivity index (χ4v) is 5.40. The van der Waals surface area contributed by atoms with Gasteiger partial charge in [-0.05, 0) is 67.5 Å². The minimum Gasteiger partial charge on any atom is -0.359 e. The second kappa shape index (κ2) is 11.2. The number of ether oxygens (including phenoxy) is 2. The topological polar surface area (TPSA) is 43.4 Å². The fourth-order valence-electron chi connectivity index (χ4n) is 4.24. The summed E-state index contributed by atoms with van der Waals surface area (Å²) >= 11 is 8.25. The highest BCUT2D eigenvalue weighted by Crippen LogP contribution is 2.41. The Bertz CT molecular complexity index is 1150. The number of rotatable bonds is 11. The van der Waals surface area contributed by atoms with Gasteiger partial charge in [-0.1, -0.05) is 43.5 Å². The molecule has 1 fully saturated rings. The van der Waals surface area contributed by atoms with Crippen molar-refractivity contribution in [3.8, 4) is 11.3 Å². The summed E-state index contributed by atoms with van der Waals surface area (Å²) in [4.78, 5) is 6.02. The molecule has 0 aliphatic heterocycles. The molecule has 3 aromatic rings. The summed E-state index contributed by atoms with van der Waals surface area (Å²) in [6, 6.07) is 9.59. The van der Waals surface area contributed by atoms with Crippen molar-refractivity contribution in [1.82, 2.24) is 4.98 Å². The van der Waals surface area contributed by atoms with Crippen molar-refractivity contribution in [3.63, 3.8) is 0 Å². The van der Waals surface area contributed by atoms with Gasteiger partial charge in [-0.3, -0.25) is 0 Å². The molecule has 1 aliphatic carbocycles. The van der Waals surface area contributed by atoms with Crippen molar-refractivity contribution in [2.75, 3.05) is 19.2 Å². The van der Waals surface area contributed by atoms with E-state index in [9.17, 15) is 4.39 Å². The van der Waals surface area contributed by atoms with E-state index in [2.05, 4.69) is 38.2 Å². The smallest absolute Gasteiger partial charge is 0.183 e. The molecule has 1 atom stereocenters. The van der Waals surface area contributed by atoms with Crippen LogP contribution in [-0.2, 0) is 22.5 Å². The van der Waals surface area contributed by atoms with Crippen molar-refractivity contribution in [2.45, 2.75) is 59.1 Å². The number of nitrogens with zero attached hydrogens (tertiary/aromatic N) is 1. The third-order valence-corrected chi connectivity index (χ3v) is 7.57. The highest BCUT2D eigenvalue weighted by atomic mass is 35.5. The van der Waals surface area contributed by atoms with E-state index in [0.29, 0.717) is 11.5 Å². The molecule has 4 nitrogen and oxygen atoms in total. The molecule has 0 radical (unpaired) electrons. The lowest BCUT2D eigenvalue weighted by Gasteiger charge is -2.19. The van der Waals surface area contributed by atoms with E-state index in [1.54, 1.807) is 30.6 Å². The van der Waals surface area contributed by atoms with Gasteiger partial charge in [-0.25, -0.2) is 9.37 Å². The van der Waals surface area contributed by atoms with E-state index in [4.69, 9.17) is 26.1 Å². The van der Waals surface area contributed by atoms with E-state index in [1.807, 2.05) is 6.07 Å². The van der Waals surface area contributed by atoms with Crippen LogP contribution in [-0.4, -0.2) is 18.9 Å². The number of anilines is 1. The highest BCUT2D eigenvalue weighted by molar-refractivity contribution is 7.16. The predicted octanol–water partition coefficient (Wildman–Crippen LogP) is 7.86. The van der Waals surface area contributed by atoms with Crippen LogP contribution in [0, 0.1) is 25.6 Å². The minimum absolute atomic E-state index is 0.00554. The van der Waals surface area contributed by atoms with E-state index in [1.165, 1.54) is 24.0 Å². The second-order valence-corrected chi connectivity index (χ2v) is 10.6. The molecule has 1 saturated carbocycles. The lowest BCUT2D eigenvalue weighted by atomic mass is 9.99. The molecular formula is C27H32ClFN2O2S. The Morgan fingerprint density at radius 3 is 2.68 bits per heavy atom. The zero-order valence-electron chi connectivity index (χ0n) is 20.2. The lowest BCUT2D eigenvalue weighted by molar-refractivity contribution is -0.0398. The number of hydrogen-bond acceptors (Lipinski definition) is 5. The van der Waals surface area contributed by atoms with Gasteiger partial charge in [0, 0.05) is 23.1 Å². The van der Waals surface area contributed by atoms with Gasteiger partial charge in [0.2, 0.25) is 0 Å². The predicted molar refractivity (Wildman–Crippen MR) is 138 cm³/mol. The molecule has 182 valence electrons. The van der Waals surface area contributed by atoms with Crippen molar-refractivity contribution in [3.05, 3.63) is 68.3 Å². The van der Waals surface area contributed by atoms with Gasteiger partial charge >= 0.3 is 0 Å². The van der Waals surface area contributed by atoms with Gasteiger partial charge < -0.3 is 14.8 Å². The molecular weight excluding hydrogens is 471 g/mol. The zero-order chi connectivity index (χ0) is 24.2. The van der Waals surface area contributed by atoms with E-state index in [-0.39, 0.29) is 25.3 Å². The molecule has 1 aliphatic rings. The van der Waals surface area contributed by atoms with Gasteiger partial charge in [0.05, 0.1) is 23.4 Å². The molecule has 2 aromatic carbocycles. The molecule has 1 unspecified atom stereocenters. The van der Waals surface area contributed by atoms with Crippen LogP contribution >= 0.6 is 22.9 Å². The van der Waals surface area contributed by atoms with Crippen LogP contribution in [0.5, 0.6) is 0 Å². The largest absolute Gasteiger partial charge is 0.359 e. The third-order valence-electron chi connectivity index (χ3n) is 6.36. The quantitative estimate of drug-likeness (QED) is 0.214. The second-order valence-electron chi connectivity index (χ2n) is 9.02. The monoisotopic (exact) mass is 502 g/mol. The molecule has 0 saturated heterocycles. The zero-order valence-corrected chi connectivity index (χ0v) is 21.8. The van der Waals surface area contributed by atoms with E-state index >= 15 is 0 Å². The number of thiazole rings is 1. The van der Waals surface area contributed by atoms with Gasteiger partial charge in [-0.15, -0.1) is 11.3 Å². The summed E-state index contributed by atoms with van der Waals surface area (Å²) in [7, 11) is 1.55. The Hall–Kier alpha value is -1.99. The summed E-state index contributed by atoms with van der Waals surface area (Å²) in [5.74, 6) is 0.412. The molecule has 0 bridgehead atoms. The Labute approximate surface area is 210 Å². The van der Waals surface area contributed by atoms with E-state index in [0.717, 1.165) is 44.7 Å². The number of aryl methyl sites for hydroxylation is 3. The Balaban J connectivity index is 1.57. The first-order valence-corrected chi connectivity index (χ1v) is 13.0. The molecule has 1 heterocycles. The van der Waals surface area contributed by atoms with Crippen LogP contribution in [0.15, 0.2) is 30.3 Å². The van der Waals surface area contributed by atoms with Crippen molar-refractivity contribution in [2.24, 2.45) is 5.92 Å². The Morgan fingerprint density at radius 2 is 2.00 bits per heavy atom. The van der Waals surface area contributed by atoms with Crippen LogP contribution in [0.4, 0.5) is 9.52 Å². The molecule has 1 N–H and O–H groups in total. The average molecular weight is 503 g/mol.